The lowest BCUT2D eigenvalue weighted by Gasteiger charge is -2.55. The molecule has 0 spiro atoms. The van der Waals surface area contributed by atoms with Crippen LogP contribution in [0.1, 0.15) is 38.5 Å². The van der Waals surface area contributed by atoms with Gasteiger partial charge >= 0.3 is 5.97 Å². The molecule has 3 aromatic carbocycles. The summed E-state index contributed by atoms with van der Waals surface area (Å²) >= 11 is 0. The molecule has 4 saturated carbocycles. The Morgan fingerprint density at radius 2 is 1.11 bits per heavy atom. The maximum atomic E-state index is 12.3. The van der Waals surface area contributed by atoms with Crippen LogP contribution in [0.15, 0.2) is 106 Å². The van der Waals surface area contributed by atoms with Gasteiger partial charge in [0.25, 0.3) is 0 Å². The van der Waals surface area contributed by atoms with E-state index in [0.29, 0.717) is 17.8 Å². The predicted octanol–water partition coefficient (Wildman–Crippen LogP) is 6.07. The molecule has 4 bridgehead atoms. The van der Waals surface area contributed by atoms with Gasteiger partial charge in [0.15, 0.2) is 14.7 Å². The largest absolute Gasteiger partial charge is 0.748 e. The molecule has 0 amide bonds. The molecular formula is C31H34O5S2. The van der Waals surface area contributed by atoms with Gasteiger partial charge in [-0.2, -0.15) is 0 Å². The third-order valence-corrected chi connectivity index (χ3v) is 10.9. The van der Waals surface area contributed by atoms with E-state index < -0.39 is 15.9 Å². The number of benzene rings is 3. The van der Waals surface area contributed by atoms with Gasteiger partial charge in [0.1, 0.15) is 6.61 Å². The highest BCUT2D eigenvalue weighted by Crippen LogP contribution is 2.60. The highest BCUT2D eigenvalue weighted by atomic mass is 32.2. The van der Waals surface area contributed by atoms with Crippen molar-refractivity contribution in [2.75, 3.05) is 12.4 Å². The summed E-state index contributed by atoms with van der Waals surface area (Å²) in [5, 5.41) is 0. The molecule has 38 heavy (non-hydrogen) atoms. The molecular weight excluding hydrogens is 516 g/mol. The minimum Gasteiger partial charge on any atom is -0.748 e. The molecule has 3 aromatic rings. The van der Waals surface area contributed by atoms with Crippen LogP contribution in [-0.2, 0) is 30.5 Å². The Bertz CT molecular complexity index is 1180. The van der Waals surface area contributed by atoms with Crippen molar-refractivity contribution in [1.82, 2.24) is 0 Å². The summed E-state index contributed by atoms with van der Waals surface area (Å²) in [5.41, 5.74) is -0.374. The number of hydrogen-bond acceptors (Lipinski definition) is 5. The Balaban J connectivity index is 0.000000155. The van der Waals surface area contributed by atoms with E-state index in [4.69, 9.17) is 4.74 Å². The maximum absolute atomic E-state index is 12.3. The summed E-state index contributed by atoms with van der Waals surface area (Å²) in [5.74, 6) is 1.03. The molecule has 4 fully saturated rings. The second-order valence-electron chi connectivity index (χ2n) is 10.8. The molecule has 4 aliphatic carbocycles. The van der Waals surface area contributed by atoms with Crippen LogP contribution in [0.4, 0.5) is 0 Å². The van der Waals surface area contributed by atoms with Crippen molar-refractivity contribution in [2.24, 2.45) is 23.2 Å². The molecule has 0 aromatic heterocycles. The Labute approximate surface area is 228 Å². The van der Waals surface area contributed by atoms with E-state index in [-0.39, 0.29) is 28.9 Å². The van der Waals surface area contributed by atoms with Crippen LogP contribution in [0.25, 0.3) is 0 Å². The van der Waals surface area contributed by atoms with Crippen LogP contribution in [-0.4, -0.2) is 31.3 Å². The SMILES string of the molecule is O=C(OCCS(=O)(=O)[O-])C12CC3CC(CC(C3)C1)C2.c1ccc([S+](c2ccccc2)c2ccccc2)cc1. The quantitative estimate of drug-likeness (QED) is 0.202. The van der Waals surface area contributed by atoms with Crippen LogP contribution in [0.3, 0.4) is 0 Å². The lowest BCUT2D eigenvalue weighted by atomic mass is 9.49. The number of esters is 1. The predicted molar refractivity (Wildman–Crippen MR) is 148 cm³/mol. The van der Waals surface area contributed by atoms with Gasteiger partial charge in [-0.05, 0) is 92.7 Å². The van der Waals surface area contributed by atoms with Crippen molar-refractivity contribution in [1.29, 1.82) is 0 Å². The first-order valence-corrected chi connectivity index (χ1v) is 16.1. The molecule has 0 heterocycles. The maximum Gasteiger partial charge on any atom is 0.312 e. The fourth-order valence-corrected chi connectivity index (χ4v) is 9.22. The second kappa shape index (κ2) is 11.6. The van der Waals surface area contributed by atoms with E-state index in [2.05, 4.69) is 91.0 Å². The van der Waals surface area contributed by atoms with Gasteiger partial charge < -0.3 is 9.29 Å². The Hall–Kier alpha value is -2.61. The molecule has 7 heteroatoms. The van der Waals surface area contributed by atoms with Crippen molar-refractivity contribution < 1.29 is 22.5 Å². The summed E-state index contributed by atoms with van der Waals surface area (Å²) in [6.45, 7) is -0.299. The molecule has 200 valence electrons. The monoisotopic (exact) mass is 550 g/mol. The first-order valence-electron chi connectivity index (χ1n) is 13.3. The van der Waals surface area contributed by atoms with Gasteiger partial charge in [0, 0.05) is 0 Å². The lowest BCUT2D eigenvalue weighted by molar-refractivity contribution is -0.170. The average Bonchev–Trinajstić information content (AvgIpc) is 2.90. The lowest BCUT2D eigenvalue weighted by Crippen LogP contribution is -2.50. The summed E-state index contributed by atoms with van der Waals surface area (Å²) in [6, 6.07) is 32.2. The van der Waals surface area contributed by atoms with Gasteiger partial charge in [0.2, 0.25) is 0 Å². The van der Waals surface area contributed by atoms with Crippen LogP contribution >= 0.6 is 0 Å². The molecule has 0 radical (unpaired) electrons. The minimum atomic E-state index is -4.30. The zero-order valence-electron chi connectivity index (χ0n) is 21.4. The van der Waals surface area contributed by atoms with E-state index >= 15 is 0 Å². The second-order valence-corrected chi connectivity index (χ2v) is 14.4. The first kappa shape index (κ1) is 27.0. The number of ether oxygens (including phenoxy) is 1. The average molecular weight is 551 g/mol. The first-order chi connectivity index (χ1) is 18.3. The van der Waals surface area contributed by atoms with E-state index in [9.17, 15) is 17.8 Å². The standard InChI is InChI=1S/C18H15S.C13H20O5S/c1-4-10-16(11-5-1)19(17-12-6-2-7-13-17)18-14-8-3-9-15-18;14-12(18-1-2-19(15,16)17)13-6-9-3-10(7-13)5-11(4-9)8-13/h1-15H;9-11H,1-8H2,(H,15,16,17)/q+1;/p-1. The van der Waals surface area contributed by atoms with Gasteiger partial charge in [-0.25, -0.2) is 8.42 Å². The Morgan fingerprint density at radius 1 is 0.737 bits per heavy atom. The van der Waals surface area contributed by atoms with E-state index in [0.717, 1.165) is 19.3 Å². The smallest absolute Gasteiger partial charge is 0.312 e. The summed E-state index contributed by atoms with van der Waals surface area (Å²) in [4.78, 5) is 16.3. The molecule has 0 atom stereocenters. The fourth-order valence-electron chi connectivity index (χ4n) is 6.83. The Morgan fingerprint density at radius 3 is 1.45 bits per heavy atom. The van der Waals surface area contributed by atoms with Gasteiger partial charge in [-0.3, -0.25) is 4.79 Å². The minimum absolute atomic E-state index is 0.0146. The third kappa shape index (κ3) is 6.50. The van der Waals surface area contributed by atoms with Crippen LogP contribution in [0.5, 0.6) is 0 Å². The fraction of sp³-hybridized carbons (Fsp3) is 0.387. The zero-order valence-corrected chi connectivity index (χ0v) is 23.0. The summed E-state index contributed by atoms with van der Waals surface area (Å²) in [7, 11) is -4.32. The number of carbonyl (C=O) groups excluding carboxylic acids is 1. The highest BCUT2D eigenvalue weighted by Gasteiger charge is 2.55. The molecule has 7 rings (SSSR count). The summed E-state index contributed by atoms with van der Waals surface area (Å²) < 4.78 is 36.6. The van der Waals surface area contributed by atoms with Crippen LogP contribution in [0.2, 0.25) is 0 Å². The van der Waals surface area contributed by atoms with Crippen molar-refractivity contribution in [3.8, 4) is 0 Å². The zero-order chi connectivity index (χ0) is 26.6. The molecule has 0 aliphatic heterocycles. The summed E-state index contributed by atoms with van der Waals surface area (Å²) in [6.07, 6.45) is 6.39. The number of carbonyl (C=O) groups is 1. The number of rotatable bonds is 7. The van der Waals surface area contributed by atoms with Crippen molar-refractivity contribution in [3.05, 3.63) is 91.0 Å². The van der Waals surface area contributed by atoms with Crippen molar-refractivity contribution in [2.45, 2.75) is 53.2 Å². The van der Waals surface area contributed by atoms with Crippen molar-refractivity contribution in [3.63, 3.8) is 0 Å². The van der Waals surface area contributed by atoms with Gasteiger partial charge in [-0.1, -0.05) is 54.6 Å². The van der Waals surface area contributed by atoms with Gasteiger partial charge in [-0.15, -0.1) is 0 Å². The molecule has 4 aliphatic rings. The van der Waals surface area contributed by atoms with Crippen molar-refractivity contribution >= 4 is 27.0 Å². The molecule has 5 nitrogen and oxygen atoms in total. The molecule has 0 N–H and O–H groups in total. The van der Waals surface area contributed by atoms with E-state index in [1.807, 2.05) is 0 Å². The van der Waals surface area contributed by atoms with Crippen LogP contribution in [0, 0.1) is 23.2 Å². The number of hydrogen-bond donors (Lipinski definition) is 0. The van der Waals surface area contributed by atoms with Gasteiger partial charge in [0.05, 0.1) is 32.2 Å². The molecule has 0 unspecified atom stereocenters. The normalized spacial score (nSPS) is 25.5. The Kier molecular flexibility index (Phi) is 8.26. The highest BCUT2D eigenvalue weighted by molar-refractivity contribution is 7.97. The topological polar surface area (TPSA) is 83.5 Å². The third-order valence-electron chi connectivity index (χ3n) is 7.97. The van der Waals surface area contributed by atoms with E-state index in [1.54, 1.807) is 0 Å². The molecule has 0 saturated heterocycles. The van der Waals surface area contributed by atoms with Crippen LogP contribution < -0.4 is 0 Å². The van der Waals surface area contributed by atoms with E-state index in [1.165, 1.54) is 33.9 Å².